The highest BCUT2D eigenvalue weighted by atomic mass is 15.3. The lowest BCUT2D eigenvalue weighted by Gasteiger charge is -2.38. The van der Waals surface area contributed by atoms with Gasteiger partial charge in [-0.25, -0.2) is 0 Å². The summed E-state index contributed by atoms with van der Waals surface area (Å²) in [5, 5.41) is 7.43. The number of hydrogen-bond donors (Lipinski definition) is 2. The molecule has 78 valence electrons. The van der Waals surface area contributed by atoms with Gasteiger partial charge in [0, 0.05) is 25.2 Å². The molecule has 1 aromatic heterocycles. The van der Waals surface area contributed by atoms with Gasteiger partial charge in [-0.15, -0.1) is 0 Å². The number of rotatable bonds is 4. The van der Waals surface area contributed by atoms with Crippen LogP contribution in [0.15, 0.2) is 12.3 Å². The Labute approximate surface area is 84.5 Å². The lowest BCUT2D eigenvalue weighted by Crippen LogP contribution is -2.47. The van der Waals surface area contributed by atoms with Gasteiger partial charge >= 0.3 is 0 Å². The molecule has 0 atom stereocenters. The largest absolute Gasteiger partial charge is 0.370 e. The van der Waals surface area contributed by atoms with Gasteiger partial charge in [0.15, 0.2) is 0 Å². The fourth-order valence-corrected chi connectivity index (χ4v) is 1.87. The Kier molecular flexibility index (Phi) is 2.46. The number of aryl methyl sites for hydroxylation is 1. The summed E-state index contributed by atoms with van der Waals surface area (Å²) in [6, 6.07) is 1.98. The average Bonchev–Trinajstić information content (AvgIpc) is 2.49. The van der Waals surface area contributed by atoms with Crippen molar-refractivity contribution in [3.63, 3.8) is 0 Å². The smallest absolute Gasteiger partial charge is 0.123 e. The molecule has 3 N–H and O–H groups in total. The molecule has 0 amide bonds. The number of hydrogen-bond acceptors (Lipinski definition) is 3. The van der Waals surface area contributed by atoms with Gasteiger partial charge in [0.2, 0.25) is 0 Å². The van der Waals surface area contributed by atoms with Crippen molar-refractivity contribution in [2.75, 3.05) is 11.9 Å². The van der Waals surface area contributed by atoms with Crippen LogP contribution in [-0.4, -0.2) is 21.9 Å². The maximum absolute atomic E-state index is 6.12. The molecule has 0 aromatic carbocycles. The third kappa shape index (κ3) is 1.90. The van der Waals surface area contributed by atoms with Crippen LogP contribution >= 0.6 is 0 Å². The maximum Gasteiger partial charge on any atom is 0.123 e. The summed E-state index contributed by atoms with van der Waals surface area (Å²) in [6.07, 6.45) is 6.50. The summed E-state index contributed by atoms with van der Waals surface area (Å²) in [5.74, 6) is 1.06. The monoisotopic (exact) mass is 194 g/mol. The number of nitrogens with zero attached hydrogens (tertiary/aromatic N) is 2. The minimum absolute atomic E-state index is 0.117. The summed E-state index contributed by atoms with van der Waals surface area (Å²) in [6.45, 7) is 0.941. The van der Waals surface area contributed by atoms with E-state index in [1.165, 1.54) is 19.3 Å². The van der Waals surface area contributed by atoms with Crippen molar-refractivity contribution >= 4 is 5.82 Å². The molecule has 1 heterocycles. The summed E-state index contributed by atoms with van der Waals surface area (Å²) < 4.78 is 1.84. The molecule has 0 bridgehead atoms. The van der Waals surface area contributed by atoms with Crippen LogP contribution in [0.3, 0.4) is 0 Å². The highest BCUT2D eigenvalue weighted by Crippen LogP contribution is 2.31. The van der Waals surface area contributed by atoms with Crippen molar-refractivity contribution in [1.29, 1.82) is 0 Å². The molecule has 0 aliphatic heterocycles. The molecule has 0 radical (unpaired) electrons. The fourth-order valence-electron chi connectivity index (χ4n) is 1.87. The Morgan fingerprint density at radius 3 is 2.93 bits per heavy atom. The number of anilines is 1. The van der Waals surface area contributed by atoms with E-state index in [0.29, 0.717) is 0 Å². The van der Waals surface area contributed by atoms with Crippen molar-refractivity contribution in [2.45, 2.75) is 31.2 Å². The quantitative estimate of drug-likeness (QED) is 0.754. The molecular formula is C10H18N4. The standard InChI is InChI=1S/C10H18N4/c1-14-9(3-7-13-14)12-8-6-10(11)4-2-5-10/h3,7,12H,2,4-6,8,11H2,1H3. The second kappa shape index (κ2) is 3.61. The Hall–Kier alpha value is -1.03. The van der Waals surface area contributed by atoms with Gasteiger partial charge in [-0.3, -0.25) is 4.68 Å². The minimum Gasteiger partial charge on any atom is -0.370 e. The van der Waals surface area contributed by atoms with Crippen LogP contribution in [0, 0.1) is 0 Å². The molecule has 0 saturated heterocycles. The molecule has 4 heteroatoms. The normalized spacial score (nSPS) is 19.0. The van der Waals surface area contributed by atoms with Gasteiger partial charge in [-0.1, -0.05) is 0 Å². The first kappa shape index (κ1) is 9.52. The topological polar surface area (TPSA) is 55.9 Å². The van der Waals surface area contributed by atoms with Crippen LogP contribution in [0.1, 0.15) is 25.7 Å². The summed E-state index contributed by atoms with van der Waals surface area (Å²) in [7, 11) is 1.93. The van der Waals surface area contributed by atoms with Crippen LogP contribution in [0.4, 0.5) is 5.82 Å². The van der Waals surface area contributed by atoms with Crippen LogP contribution in [-0.2, 0) is 7.05 Å². The third-order valence-electron chi connectivity index (χ3n) is 3.10. The second-order valence-electron chi connectivity index (χ2n) is 4.23. The number of aromatic nitrogens is 2. The fraction of sp³-hybridized carbons (Fsp3) is 0.700. The lowest BCUT2D eigenvalue weighted by atomic mass is 9.75. The van der Waals surface area contributed by atoms with Crippen LogP contribution in [0.25, 0.3) is 0 Å². The third-order valence-corrected chi connectivity index (χ3v) is 3.10. The van der Waals surface area contributed by atoms with Gasteiger partial charge in [-0.05, 0) is 25.7 Å². The van der Waals surface area contributed by atoms with Crippen LogP contribution in [0.5, 0.6) is 0 Å². The van der Waals surface area contributed by atoms with E-state index in [-0.39, 0.29) is 5.54 Å². The van der Waals surface area contributed by atoms with E-state index in [1.54, 1.807) is 6.20 Å². The molecule has 1 aromatic rings. The molecule has 4 nitrogen and oxygen atoms in total. The Morgan fingerprint density at radius 2 is 2.43 bits per heavy atom. The van der Waals surface area contributed by atoms with Crippen molar-refractivity contribution in [1.82, 2.24) is 9.78 Å². The van der Waals surface area contributed by atoms with Crippen molar-refractivity contribution in [2.24, 2.45) is 12.8 Å². The lowest BCUT2D eigenvalue weighted by molar-refractivity contribution is 0.237. The zero-order valence-corrected chi connectivity index (χ0v) is 8.66. The first-order valence-corrected chi connectivity index (χ1v) is 5.20. The van der Waals surface area contributed by atoms with Crippen molar-refractivity contribution < 1.29 is 0 Å². The van der Waals surface area contributed by atoms with Gasteiger partial charge < -0.3 is 11.1 Å². The van der Waals surface area contributed by atoms with E-state index < -0.39 is 0 Å². The van der Waals surface area contributed by atoms with Gasteiger partial charge in [0.05, 0.1) is 6.20 Å². The van der Waals surface area contributed by atoms with E-state index in [2.05, 4.69) is 10.4 Å². The molecular weight excluding hydrogens is 176 g/mol. The van der Waals surface area contributed by atoms with Crippen molar-refractivity contribution in [3.8, 4) is 0 Å². The van der Waals surface area contributed by atoms with E-state index in [9.17, 15) is 0 Å². The Bertz CT molecular complexity index is 301. The van der Waals surface area contributed by atoms with Gasteiger partial charge in [0.1, 0.15) is 5.82 Å². The highest BCUT2D eigenvalue weighted by molar-refractivity contribution is 5.33. The predicted octanol–water partition coefficient (Wildman–Crippen LogP) is 1.10. The number of nitrogens with one attached hydrogen (secondary N) is 1. The first-order chi connectivity index (χ1) is 6.70. The van der Waals surface area contributed by atoms with Crippen molar-refractivity contribution in [3.05, 3.63) is 12.3 Å². The molecule has 2 rings (SSSR count). The Morgan fingerprint density at radius 1 is 1.64 bits per heavy atom. The summed E-state index contributed by atoms with van der Waals surface area (Å²) in [4.78, 5) is 0. The summed E-state index contributed by atoms with van der Waals surface area (Å²) >= 11 is 0. The van der Waals surface area contributed by atoms with Crippen LogP contribution < -0.4 is 11.1 Å². The minimum atomic E-state index is 0.117. The Balaban J connectivity index is 1.75. The number of nitrogens with two attached hydrogens (primary N) is 1. The van der Waals surface area contributed by atoms with E-state index >= 15 is 0 Å². The van der Waals surface area contributed by atoms with E-state index in [1.807, 2.05) is 17.8 Å². The first-order valence-electron chi connectivity index (χ1n) is 5.20. The molecule has 1 fully saturated rings. The van der Waals surface area contributed by atoms with Gasteiger partial charge in [-0.2, -0.15) is 5.10 Å². The molecule has 0 spiro atoms. The zero-order valence-electron chi connectivity index (χ0n) is 8.66. The maximum atomic E-state index is 6.12. The predicted molar refractivity (Wildman–Crippen MR) is 57.1 cm³/mol. The molecule has 14 heavy (non-hydrogen) atoms. The molecule has 1 aliphatic carbocycles. The van der Waals surface area contributed by atoms with Gasteiger partial charge in [0.25, 0.3) is 0 Å². The summed E-state index contributed by atoms with van der Waals surface area (Å²) in [5.41, 5.74) is 6.23. The van der Waals surface area contributed by atoms with Crippen LogP contribution in [0.2, 0.25) is 0 Å². The second-order valence-corrected chi connectivity index (χ2v) is 4.23. The van der Waals surface area contributed by atoms with E-state index in [4.69, 9.17) is 5.73 Å². The highest BCUT2D eigenvalue weighted by Gasteiger charge is 2.31. The molecule has 0 unspecified atom stereocenters. The molecule has 1 saturated carbocycles. The molecule has 1 aliphatic rings. The average molecular weight is 194 g/mol. The zero-order chi connectivity index (χ0) is 10.0. The SMILES string of the molecule is Cn1nccc1NCCC1(N)CCC1. The van der Waals surface area contributed by atoms with E-state index in [0.717, 1.165) is 18.8 Å².